The molecule has 0 spiro atoms. The summed E-state index contributed by atoms with van der Waals surface area (Å²) in [5, 5.41) is 6.96. The highest BCUT2D eigenvalue weighted by Gasteiger charge is 2.15. The Bertz CT molecular complexity index is 285. The molecule has 0 bridgehead atoms. The fourth-order valence-corrected chi connectivity index (χ4v) is 1.83. The molecule has 4 heteroatoms. The first kappa shape index (κ1) is 9.68. The summed E-state index contributed by atoms with van der Waals surface area (Å²) in [5.74, 6) is 0. The maximum atomic E-state index is 5.08. The van der Waals surface area contributed by atoms with Crippen LogP contribution in [-0.2, 0) is 17.7 Å². The second-order valence-electron chi connectivity index (χ2n) is 3.67. The van der Waals surface area contributed by atoms with Crippen molar-refractivity contribution in [3.63, 3.8) is 0 Å². The van der Waals surface area contributed by atoms with Gasteiger partial charge in [-0.3, -0.25) is 10.00 Å². The Labute approximate surface area is 84.3 Å². The molecule has 1 aliphatic heterocycles. The Morgan fingerprint density at radius 1 is 1.64 bits per heavy atom. The zero-order valence-electron chi connectivity index (χ0n) is 8.55. The highest BCUT2D eigenvalue weighted by Crippen LogP contribution is 2.14. The van der Waals surface area contributed by atoms with Gasteiger partial charge in [0.25, 0.3) is 0 Å². The Hall–Kier alpha value is -0.870. The smallest absolute Gasteiger partial charge is 0.117 e. The zero-order valence-corrected chi connectivity index (χ0v) is 8.55. The van der Waals surface area contributed by atoms with E-state index in [2.05, 4.69) is 21.3 Å². The van der Waals surface area contributed by atoms with Crippen LogP contribution < -0.4 is 0 Å². The van der Waals surface area contributed by atoms with Crippen molar-refractivity contribution >= 4 is 0 Å². The normalized spacial score (nSPS) is 17.8. The molecule has 77 valence electrons. The highest BCUT2D eigenvalue weighted by atomic mass is 16.5. The monoisotopic (exact) mass is 194 g/mol. The summed E-state index contributed by atoms with van der Waals surface area (Å²) < 4.78 is 5.08. The molecule has 2 rings (SSSR count). The van der Waals surface area contributed by atoms with E-state index in [1.807, 2.05) is 0 Å². The van der Waals surface area contributed by atoms with Gasteiger partial charge in [0.05, 0.1) is 6.61 Å². The minimum Gasteiger partial charge on any atom is -0.383 e. The number of methoxy groups -OCH3 is 1. The van der Waals surface area contributed by atoms with Gasteiger partial charge in [-0.15, -0.1) is 0 Å². The molecule has 0 aliphatic carbocycles. The average Bonchev–Trinajstić information content (AvgIpc) is 2.54. The lowest BCUT2D eigenvalue weighted by molar-refractivity contribution is 0.145. The Balaban J connectivity index is 1.97. The predicted octanol–water partition coefficient (Wildman–Crippen LogP) is 0.604. The lowest BCUT2D eigenvalue weighted by atomic mass is 10.2. The van der Waals surface area contributed by atoms with E-state index in [1.54, 1.807) is 7.11 Å². The number of aromatic amines is 1. The first-order valence-corrected chi connectivity index (χ1v) is 5.05. The van der Waals surface area contributed by atoms with Crippen LogP contribution in [0.4, 0.5) is 0 Å². The van der Waals surface area contributed by atoms with E-state index < -0.39 is 0 Å². The lowest BCUT2D eigenvalue weighted by Crippen LogP contribution is -2.27. The number of rotatable bonds is 3. The molecule has 1 aromatic heterocycles. The van der Waals surface area contributed by atoms with E-state index in [4.69, 9.17) is 4.74 Å². The van der Waals surface area contributed by atoms with Crippen LogP contribution in [0.2, 0.25) is 0 Å². The number of aromatic nitrogens is 2. The van der Waals surface area contributed by atoms with E-state index in [1.165, 1.54) is 17.7 Å². The molecular weight excluding hydrogens is 178 g/mol. The molecule has 1 aromatic rings. The maximum absolute atomic E-state index is 5.08. The van der Waals surface area contributed by atoms with Crippen molar-refractivity contribution in [3.05, 3.63) is 17.5 Å². The molecule has 2 heterocycles. The van der Waals surface area contributed by atoms with Crippen LogP contribution in [0.25, 0.3) is 0 Å². The van der Waals surface area contributed by atoms with Gasteiger partial charge in [-0.25, -0.2) is 0 Å². The van der Waals surface area contributed by atoms with Crippen LogP contribution >= 0.6 is 0 Å². The van der Waals surface area contributed by atoms with Crippen molar-refractivity contribution in [2.24, 2.45) is 0 Å². The minimum atomic E-state index is 0.799. The number of nitrogens with one attached hydrogen (secondary N) is 1. The lowest BCUT2D eigenvalue weighted by Gasteiger charge is -2.18. The van der Waals surface area contributed by atoms with Crippen molar-refractivity contribution in [1.29, 1.82) is 0 Å². The van der Waals surface area contributed by atoms with Crippen LogP contribution in [-0.4, -0.2) is 41.9 Å². The van der Waals surface area contributed by atoms with E-state index in [9.17, 15) is 0 Å². The summed E-state index contributed by atoms with van der Waals surface area (Å²) >= 11 is 0. The van der Waals surface area contributed by atoms with Crippen LogP contribution in [0, 0.1) is 6.20 Å². The molecule has 0 fully saturated rings. The van der Waals surface area contributed by atoms with Gasteiger partial charge in [0.2, 0.25) is 0 Å². The van der Waals surface area contributed by atoms with Gasteiger partial charge in [-0.1, -0.05) is 0 Å². The third-order valence-electron chi connectivity index (χ3n) is 2.64. The standard InChI is InChI=1S/C10H16N3O/c1-14-6-5-13-4-2-3-10-9(8-13)7-11-12-10/h2-6,8H2,1H3,(H,11,12). The van der Waals surface area contributed by atoms with Gasteiger partial charge < -0.3 is 4.74 Å². The third kappa shape index (κ3) is 2.13. The number of hydrogen-bond acceptors (Lipinski definition) is 3. The Morgan fingerprint density at radius 3 is 3.43 bits per heavy atom. The van der Waals surface area contributed by atoms with Gasteiger partial charge in [-0.2, -0.15) is 5.10 Å². The summed E-state index contributed by atoms with van der Waals surface area (Å²) in [7, 11) is 1.74. The molecule has 0 saturated heterocycles. The van der Waals surface area contributed by atoms with Crippen LogP contribution in [0.1, 0.15) is 17.7 Å². The van der Waals surface area contributed by atoms with Crippen molar-refractivity contribution in [3.8, 4) is 0 Å². The summed E-state index contributed by atoms with van der Waals surface area (Å²) in [6.07, 6.45) is 5.30. The largest absolute Gasteiger partial charge is 0.383 e. The molecule has 4 nitrogen and oxygen atoms in total. The highest BCUT2D eigenvalue weighted by molar-refractivity contribution is 5.16. The second kappa shape index (κ2) is 4.57. The van der Waals surface area contributed by atoms with Crippen molar-refractivity contribution in [1.82, 2.24) is 15.1 Å². The van der Waals surface area contributed by atoms with Crippen LogP contribution in [0.5, 0.6) is 0 Å². The summed E-state index contributed by atoms with van der Waals surface area (Å²) in [6.45, 7) is 3.89. The fraction of sp³-hybridized carbons (Fsp3) is 0.700. The van der Waals surface area contributed by atoms with Gasteiger partial charge in [0.1, 0.15) is 6.20 Å². The van der Waals surface area contributed by atoms with Crippen molar-refractivity contribution in [2.75, 3.05) is 26.8 Å². The summed E-state index contributed by atoms with van der Waals surface area (Å²) in [5.41, 5.74) is 2.48. The van der Waals surface area contributed by atoms with Gasteiger partial charge in [0.15, 0.2) is 0 Å². The van der Waals surface area contributed by atoms with Crippen molar-refractivity contribution in [2.45, 2.75) is 19.4 Å². The van der Waals surface area contributed by atoms with E-state index in [0.717, 1.165) is 32.7 Å². The van der Waals surface area contributed by atoms with E-state index in [0.29, 0.717) is 0 Å². The number of nitrogens with zero attached hydrogens (tertiary/aromatic N) is 2. The van der Waals surface area contributed by atoms with Gasteiger partial charge in [0, 0.05) is 31.5 Å². The van der Waals surface area contributed by atoms with Crippen LogP contribution in [0.15, 0.2) is 0 Å². The molecule has 14 heavy (non-hydrogen) atoms. The minimum absolute atomic E-state index is 0.799. The molecule has 0 atom stereocenters. The Kier molecular flexibility index (Phi) is 3.16. The van der Waals surface area contributed by atoms with E-state index >= 15 is 0 Å². The number of hydrogen-bond donors (Lipinski definition) is 1. The first-order valence-electron chi connectivity index (χ1n) is 5.05. The Morgan fingerprint density at radius 2 is 2.57 bits per heavy atom. The molecule has 0 aromatic carbocycles. The molecule has 0 saturated carbocycles. The molecule has 1 N–H and O–H groups in total. The SMILES string of the molecule is COCCN1CCCc2[nH]n[c]c2C1. The molecule has 0 amide bonds. The molecule has 0 unspecified atom stereocenters. The third-order valence-corrected chi connectivity index (χ3v) is 2.64. The van der Waals surface area contributed by atoms with Crippen molar-refractivity contribution < 1.29 is 4.74 Å². The number of fused-ring (bicyclic) bond motifs is 1. The fourth-order valence-electron chi connectivity index (χ4n) is 1.83. The van der Waals surface area contributed by atoms with Gasteiger partial charge >= 0.3 is 0 Å². The number of aryl methyl sites for hydroxylation is 1. The first-order chi connectivity index (χ1) is 6.90. The topological polar surface area (TPSA) is 41.1 Å². The second-order valence-corrected chi connectivity index (χ2v) is 3.67. The quantitative estimate of drug-likeness (QED) is 0.766. The molecule has 1 aliphatic rings. The molecular formula is C10H16N3O. The molecule has 1 radical (unpaired) electrons. The number of H-pyrrole nitrogens is 1. The van der Waals surface area contributed by atoms with Crippen LogP contribution in [0.3, 0.4) is 0 Å². The number of ether oxygens (including phenoxy) is 1. The zero-order chi connectivity index (χ0) is 9.80. The van der Waals surface area contributed by atoms with Gasteiger partial charge in [-0.05, 0) is 19.4 Å². The maximum Gasteiger partial charge on any atom is 0.117 e. The predicted molar refractivity (Wildman–Crippen MR) is 52.9 cm³/mol. The summed E-state index contributed by atoms with van der Waals surface area (Å²) in [4.78, 5) is 2.39. The van der Waals surface area contributed by atoms with E-state index in [-0.39, 0.29) is 0 Å². The average molecular weight is 194 g/mol. The summed E-state index contributed by atoms with van der Waals surface area (Å²) in [6, 6.07) is 0.